The molecule has 1 aromatic heterocycles. The first-order valence-corrected chi connectivity index (χ1v) is 10.00. The molecule has 0 spiro atoms. The number of nitro benzene ring substituents is 1. The van der Waals surface area contributed by atoms with Crippen molar-refractivity contribution in [2.45, 2.75) is 11.4 Å². The van der Waals surface area contributed by atoms with Crippen molar-refractivity contribution in [1.82, 2.24) is 4.72 Å². The second kappa shape index (κ2) is 8.43. The molecule has 0 fully saturated rings. The molecule has 2 N–H and O–H groups in total. The summed E-state index contributed by atoms with van der Waals surface area (Å²) < 4.78 is 32.4. The van der Waals surface area contributed by atoms with Gasteiger partial charge < -0.3 is 9.73 Å². The fourth-order valence-electron chi connectivity index (χ4n) is 2.45. The monoisotopic (exact) mass is 435 g/mol. The lowest BCUT2D eigenvalue weighted by atomic mass is 10.1. The SMILES string of the molecule is O=C(Nc1cccc(S(=O)(=O)NCc2ccco2)c1)c1cc(Cl)ccc1[N+](=O)[O-]. The van der Waals surface area contributed by atoms with Crippen molar-refractivity contribution < 1.29 is 22.6 Å². The van der Waals surface area contributed by atoms with Gasteiger partial charge in [0.15, 0.2) is 0 Å². The minimum absolute atomic E-state index is 0.0410. The van der Waals surface area contributed by atoms with E-state index in [-0.39, 0.29) is 27.7 Å². The predicted molar refractivity (Wildman–Crippen MR) is 105 cm³/mol. The first-order chi connectivity index (χ1) is 13.8. The molecule has 0 saturated heterocycles. The van der Waals surface area contributed by atoms with Gasteiger partial charge in [-0.1, -0.05) is 17.7 Å². The molecule has 11 heteroatoms. The Kier molecular flexibility index (Phi) is 5.97. The minimum atomic E-state index is -3.88. The van der Waals surface area contributed by atoms with Gasteiger partial charge in [0.1, 0.15) is 11.3 Å². The maximum absolute atomic E-state index is 12.5. The number of hydrogen-bond donors (Lipinski definition) is 2. The molecule has 0 aliphatic rings. The quantitative estimate of drug-likeness (QED) is 0.430. The molecule has 0 aliphatic heterocycles. The van der Waals surface area contributed by atoms with Crippen molar-refractivity contribution in [1.29, 1.82) is 0 Å². The molecule has 0 bridgehead atoms. The zero-order chi connectivity index (χ0) is 21.0. The van der Waals surface area contributed by atoms with Gasteiger partial charge in [0, 0.05) is 16.8 Å². The predicted octanol–water partition coefficient (Wildman–Crippen LogP) is 3.57. The van der Waals surface area contributed by atoms with Gasteiger partial charge in [-0.05, 0) is 42.5 Å². The lowest BCUT2D eigenvalue weighted by molar-refractivity contribution is -0.385. The van der Waals surface area contributed by atoms with Gasteiger partial charge in [-0.2, -0.15) is 0 Å². The Labute approximate surface area is 170 Å². The lowest BCUT2D eigenvalue weighted by Crippen LogP contribution is -2.23. The highest BCUT2D eigenvalue weighted by Gasteiger charge is 2.21. The fraction of sp³-hybridized carbons (Fsp3) is 0.0556. The summed E-state index contributed by atoms with van der Waals surface area (Å²) >= 11 is 5.83. The van der Waals surface area contributed by atoms with Crippen LogP contribution in [0, 0.1) is 10.1 Å². The van der Waals surface area contributed by atoms with E-state index in [0.717, 1.165) is 6.07 Å². The number of hydrogen-bond acceptors (Lipinski definition) is 6. The van der Waals surface area contributed by atoms with Gasteiger partial charge in [0.25, 0.3) is 11.6 Å². The average Bonchev–Trinajstić information content (AvgIpc) is 3.20. The summed E-state index contributed by atoms with van der Waals surface area (Å²) in [5.74, 6) is -0.358. The number of halogens is 1. The molecule has 0 unspecified atom stereocenters. The topological polar surface area (TPSA) is 132 Å². The zero-order valence-corrected chi connectivity index (χ0v) is 16.2. The molecule has 2 aromatic carbocycles. The number of carbonyl (C=O) groups excluding carboxylic acids is 1. The van der Waals surface area contributed by atoms with Crippen LogP contribution >= 0.6 is 11.6 Å². The summed E-state index contributed by atoms with van der Waals surface area (Å²) in [6.07, 6.45) is 1.43. The molecular weight excluding hydrogens is 422 g/mol. The number of nitrogens with one attached hydrogen (secondary N) is 2. The maximum atomic E-state index is 12.5. The Balaban J connectivity index is 1.80. The molecule has 0 aliphatic carbocycles. The number of nitrogens with zero attached hydrogens (tertiary/aromatic N) is 1. The molecule has 3 rings (SSSR count). The van der Waals surface area contributed by atoms with Crippen LogP contribution < -0.4 is 10.0 Å². The summed E-state index contributed by atoms with van der Waals surface area (Å²) in [5.41, 5.74) is -0.521. The van der Waals surface area contributed by atoms with Crippen molar-refractivity contribution in [2.75, 3.05) is 5.32 Å². The second-order valence-corrected chi connectivity index (χ2v) is 8.01. The number of amides is 1. The Hall–Kier alpha value is -3.21. The number of benzene rings is 2. The molecule has 29 heavy (non-hydrogen) atoms. The third-order valence-electron chi connectivity index (χ3n) is 3.82. The van der Waals surface area contributed by atoms with Gasteiger partial charge in [-0.3, -0.25) is 14.9 Å². The standard InChI is InChI=1S/C18H14ClN3O6S/c19-12-6-7-17(22(24)25)16(9-12)18(23)21-13-3-1-5-15(10-13)29(26,27)20-11-14-4-2-8-28-14/h1-10,20H,11H2,(H,21,23). The molecule has 150 valence electrons. The second-order valence-electron chi connectivity index (χ2n) is 5.80. The van der Waals surface area contributed by atoms with Gasteiger partial charge in [-0.25, -0.2) is 13.1 Å². The van der Waals surface area contributed by atoms with E-state index in [9.17, 15) is 23.3 Å². The van der Waals surface area contributed by atoms with Crippen molar-refractivity contribution in [3.8, 4) is 0 Å². The van der Waals surface area contributed by atoms with Crippen LogP contribution in [0.3, 0.4) is 0 Å². The van der Waals surface area contributed by atoms with Gasteiger partial charge in [0.2, 0.25) is 10.0 Å². The first kappa shape index (κ1) is 20.5. The Morgan fingerprint density at radius 1 is 1.14 bits per heavy atom. The molecular formula is C18H14ClN3O6S. The smallest absolute Gasteiger partial charge is 0.282 e. The average molecular weight is 436 g/mol. The number of sulfonamides is 1. The van der Waals surface area contributed by atoms with Crippen LogP contribution in [0.2, 0.25) is 5.02 Å². The third-order valence-corrected chi connectivity index (χ3v) is 5.45. The maximum Gasteiger partial charge on any atom is 0.282 e. The summed E-state index contributed by atoms with van der Waals surface area (Å²) in [6, 6.07) is 12.3. The number of nitro groups is 1. The zero-order valence-electron chi connectivity index (χ0n) is 14.7. The summed E-state index contributed by atoms with van der Waals surface area (Å²) in [5, 5.41) is 13.7. The normalized spacial score (nSPS) is 11.2. The highest BCUT2D eigenvalue weighted by atomic mass is 35.5. The van der Waals surface area contributed by atoms with E-state index in [2.05, 4.69) is 10.0 Å². The van der Waals surface area contributed by atoms with E-state index in [1.165, 1.54) is 42.7 Å². The minimum Gasteiger partial charge on any atom is -0.468 e. The van der Waals surface area contributed by atoms with Crippen LogP contribution in [0.5, 0.6) is 0 Å². The summed E-state index contributed by atoms with van der Waals surface area (Å²) in [6.45, 7) is -0.0410. The van der Waals surface area contributed by atoms with Crippen molar-refractivity contribution in [2.24, 2.45) is 0 Å². The Bertz CT molecular complexity index is 1160. The van der Waals surface area contributed by atoms with E-state index in [0.29, 0.717) is 5.76 Å². The Morgan fingerprint density at radius 3 is 2.62 bits per heavy atom. The van der Waals surface area contributed by atoms with Crippen molar-refractivity contribution in [3.05, 3.63) is 87.3 Å². The molecule has 0 saturated carbocycles. The molecule has 1 heterocycles. The molecule has 1 amide bonds. The highest BCUT2D eigenvalue weighted by molar-refractivity contribution is 7.89. The first-order valence-electron chi connectivity index (χ1n) is 8.14. The summed E-state index contributed by atoms with van der Waals surface area (Å²) in [7, 11) is -3.88. The molecule has 0 radical (unpaired) electrons. The van der Waals surface area contributed by atoms with E-state index in [1.54, 1.807) is 12.1 Å². The van der Waals surface area contributed by atoms with Crippen LogP contribution in [0.4, 0.5) is 11.4 Å². The van der Waals surface area contributed by atoms with E-state index >= 15 is 0 Å². The van der Waals surface area contributed by atoms with Crippen LogP contribution in [-0.2, 0) is 16.6 Å². The van der Waals surface area contributed by atoms with Crippen LogP contribution in [0.1, 0.15) is 16.1 Å². The largest absolute Gasteiger partial charge is 0.468 e. The van der Waals surface area contributed by atoms with E-state index < -0.39 is 26.5 Å². The van der Waals surface area contributed by atoms with Gasteiger partial charge in [0.05, 0.1) is 22.6 Å². The van der Waals surface area contributed by atoms with Crippen LogP contribution in [0.15, 0.2) is 70.2 Å². The Morgan fingerprint density at radius 2 is 1.93 bits per heavy atom. The van der Waals surface area contributed by atoms with E-state index in [4.69, 9.17) is 16.0 Å². The van der Waals surface area contributed by atoms with Crippen molar-refractivity contribution >= 4 is 38.9 Å². The fourth-order valence-corrected chi connectivity index (χ4v) is 3.66. The van der Waals surface area contributed by atoms with E-state index in [1.807, 2.05) is 0 Å². The highest BCUT2D eigenvalue weighted by Crippen LogP contribution is 2.24. The lowest BCUT2D eigenvalue weighted by Gasteiger charge is -2.09. The molecule has 0 atom stereocenters. The number of carbonyl (C=O) groups is 1. The van der Waals surface area contributed by atoms with Crippen molar-refractivity contribution in [3.63, 3.8) is 0 Å². The van der Waals surface area contributed by atoms with Gasteiger partial charge in [-0.15, -0.1) is 0 Å². The van der Waals surface area contributed by atoms with Crippen LogP contribution in [0.25, 0.3) is 0 Å². The number of furan rings is 1. The summed E-state index contributed by atoms with van der Waals surface area (Å²) in [4.78, 5) is 22.8. The third kappa shape index (κ3) is 4.99. The molecule has 3 aromatic rings. The van der Waals surface area contributed by atoms with Gasteiger partial charge >= 0.3 is 0 Å². The number of rotatable bonds is 7. The molecule has 9 nitrogen and oxygen atoms in total. The number of anilines is 1. The van der Waals surface area contributed by atoms with Crippen LogP contribution in [-0.4, -0.2) is 19.2 Å².